The highest BCUT2D eigenvalue weighted by molar-refractivity contribution is 5.23. The average molecular weight is 206 g/mol. The molecule has 1 heterocycles. The van der Waals surface area contributed by atoms with E-state index in [-0.39, 0.29) is 5.54 Å². The third-order valence-corrected chi connectivity index (χ3v) is 3.01. The number of anilines is 1. The highest BCUT2D eigenvalue weighted by Gasteiger charge is 2.27. The Bertz CT molecular complexity index is 293. The molecule has 2 rings (SSSR count). The van der Waals surface area contributed by atoms with Crippen molar-refractivity contribution in [3.05, 3.63) is 18.5 Å². The van der Waals surface area contributed by atoms with Crippen molar-refractivity contribution in [3.8, 4) is 0 Å². The number of rotatable bonds is 3. The summed E-state index contributed by atoms with van der Waals surface area (Å²) in [6, 6.07) is 1.81. The van der Waals surface area contributed by atoms with Crippen LogP contribution in [0.4, 0.5) is 5.95 Å². The maximum Gasteiger partial charge on any atom is 0.222 e. The molecule has 0 spiro atoms. The second-order valence-corrected chi connectivity index (χ2v) is 4.35. The van der Waals surface area contributed by atoms with Gasteiger partial charge in [-0.3, -0.25) is 0 Å². The van der Waals surface area contributed by atoms with E-state index < -0.39 is 0 Å². The Kier molecular flexibility index (Phi) is 3.16. The van der Waals surface area contributed by atoms with Gasteiger partial charge >= 0.3 is 0 Å². The molecule has 1 aliphatic carbocycles. The van der Waals surface area contributed by atoms with Crippen LogP contribution >= 0.6 is 0 Å². The van der Waals surface area contributed by atoms with E-state index in [4.69, 9.17) is 5.73 Å². The second kappa shape index (κ2) is 4.57. The summed E-state index contributed by atoms with van der Waals surface area (Å²) in [5, 5.41) is 3.21. The van der Waals surface area contributed by atoms with Crippen LogP contribution in [0.1, 0.15) is 32.1 Å². The van der Waals surface area contributed by atoms with Crippen LogP contribution in [0.15, 0.2) is 18.5 Å². The first-order chi connectivity index (χ1) is 7.29. The van der Waals surface area contributed by atoms with Gasteiger partial charge in [-0.25, -0.2) is 9.97 Å². The Labute approximate surface area is 90.3 Å². The van der Waals surface area contributed by atoms with Gasteiger partial charge in [-0.05, 0) is 18.9 Å². The van der Waals surface area contributed by atoms with E-state index in [1.54, 1.807) is 12.4 Å². The fourth-order valence-corrected chi connectivity index (χ4v) is 2.08. The summed E-state index contributed by atoms with van der Waals surface area (Å²) >= 11 is 0. The molecule has 0 aromatic carbocycles. The van der Waals surface area contributed by atoms with Gasteiger partial charge in [-0.1, -0.05) is 19.3 Å². The van der Waals surface area contributed by atoms with Crippen molar-refractivity contribution in [2.24, 2.45) is 5.73 Å². The van der Waals surface area contributed by atoms with E-state index in [0.29, 0.717) is 5.95 Å². The van der Waals surface area contributed by atoms with Crippen LogP contribution in [-0.4, -0.2) is 22.1 Å². The fourth-order valence-electron chi connectivity index (χ4n) is 2.08. The predicted molar refractivity (Wildman–Crippen MR) is 60.5 cm³/mol. The molecule has 0 bridgehead atoms. The lowest BCUT2D eigenvalue weighted by atomic mass is 9.82. The van der Waals surface area contributed by atoms with E-state index in [9.17, 15) is 0 Å². The Morgan fingerprint density at radius 1 is 1.20 bits per heavy atom. The molecule has 0 atom stereocenters. The Morgan fingerprint density at radius 2 is 1.87 bits per heavy atom. The first-order valence-corrected chi connectivity index (χ1v) is 5.58. The molecule has 82 valence electrons. The zero-order valence-electron chi connectivity index (χ0n) is 8.95. The van der Waals surface area contributed by atoms with Crippen molar-refractivity contribution in [3.63, 3.8) is 0 Å². The molecule has 0 saturated heterocycles. The lowest BCUT2D eigenvalue weighted by molar-refractivity contribution is 0.310. The molecule has 0 amide bonds. The summed E-state index contributed by atoms with van der Waals surface area (Å²) in [4.78, 5) is 8.23. The standard InChI is InChI=1S/C11H18N4/c12-11(5-2-1-3-6-11)9-15-10-13-7-4-8-14-10/h4,7-8H,1-3,5-6,9,12H2,(H,13,14,15). The zero-order valence-corrected chi connectivity index (χ0v) is 8.95. The molecule has 1 aromatic rings. The van der Waals surface area contributed by atoms with Gasteiger partial charge in [0.05, 0.1) is 0 Å². The molecule has 4 heteroatoms. The van der Waals surface area contributed by atoms with Gasteiger partial charge in [0.1, 0.15) is 0 Å². The van der Waals surface area contributed by atoms with E-state index >= 15 is 0 Å². The van der Waals surface area contributed by atoms with Gasteiger partial charge in [-0.2, -0.15) is 0 Å². The normalized spacial score (nSPS) is 19.8. The van der Waals surface area contributed by atoms with E-state index in [0.717, 1.165) is 19.4 Å². The van der Waals surface area contributed by atoms with Crippen molar-refractivity contribution >= 4 is 5.95 Å². The van der Waals surface area contributed by atoms with Crippen LogP contribution in [-0.2, 0) is 0 Å². The highest BCUT2D eigenvalue weighted by atomic mass is 15.1. The molecule has 4 nitrogen and oxygen atoms in total. The molecule has 15 heavy (non-hydrogen) atoms. The van der Waals surface area contributed by atoms with Gasteiger partial charge in [0.2, 0.25) is 5.95 Å². The molecule has 0 aliphatic heterocycles. The first kappa shape index (κ1) is 10.4. The maximum absolute atomic E-state index is 6.29. The Hall–Kier alpha value is -1.16. The van der Waals surface area contributed by atoms with Gasteiger partial charge < -0.3 is 11.1 Å². The summed E-state index contributed by atoms with van der Waals surface area (Å²) in [5.74, 6) is 0.674. The minimum Gasteiger partial charge on any atom is -0.352 e. The lowest BCUT2D eigenvalue weighted by Gasteiger charge is -2.33. The number of aromatic nitrogens is 2. The zero-order chi connectivity index (χ0) is 10.6. The molecule has 1 aliphatic rings. The molecule has 0 radical (unpaired) electrons. The van der Waals surface area contributed by atoms with Gasteiger partial charge in [0, 0.05) is 24.5 Å². The summed E-state index contributed by atoms with van der Waals surface area (Å²) < 4.78 is 0. The van der Waals surface area contributed by atoms with Gasteiger partial charge in [-0.15, -0.1) is 0 Å². The Balaban J connectivity index is 1.87. The van der Waals surface area contributed by atoms with E-state index in [1.165, 1.54) is 19.3 Å². The monoisotopic (exact) mass is 206 g/mol. The largest absolute Gasteiger partial charge is 0.352 e. The number of nitrogens with two attached hydrogens (primary N) is 1. The van der Waals surface area contributed by atoms with Crippen LogP contribution in [0.3, 0.4) is 0 Å². The van der Waals surface area contributed by atoms with E-state index in [1.807, 2.05) is 6.07 Å². The van der Waals surface area contributed by atoms with Crippen LogP contribution in [0.2, 0.25) is 0 Å². The van der Waals surface area contributed by atoms with Crippen LogP contribution in [0.5, 0.6) is 0 Å². The van der Waals surface area contributed by atoms with E-state index in [2.05, 4.69) is 15.3 Å². The maximum atomic E-state index is 6.29. The second-order valence-electron chi connectivity index (χ2n) is 4.35. The number of hydrogen-bond acceptors (Lipinski definition) is 4. The summed E-state index contributed by atoms with van der Waals surface area (Å²) in [6.45, 7) is 0.775. The van der Waals surface area contributed by atoms with Crippen molar-refractivity contribution < 1.29 is 0 Å². The number of nitrogens with zero attached hydrogens (tertiary/aromatic N) is 2. The predicted octanol–water partition coefficient (Wildman–Crippen LogP) is 1.55. The quantitative estimate of drug-likeness (QED) is 0.787. The molecular formula is C11H18N4. The van der Waals surface area contributed by atoms with Crippen LogP contribution in [0, 0.1) is 0 Å². The molecular weight excluding hydrogens is 188 g/mol. The van der Waals surface area contributed by atoms with Crippen molar-refractivity contribution in [2.45, 2.75) is 37.6 Å². The highest BCUT2D eigenvalue weighted by Crippen LogP contribution is 2.25. The smallest absolute Gasteiger partial charge is 0.222 e. The van der Waals surface area contributed by atoms with Crippen molar-refractivity contribution in [2.75, 3.05) is 11.9 Å². The minimum atomic E-state index is -0.0581. The number of nitrogens with one attached hydrogen (secondary N) is 1. The summed E-state index contributed by atoms with van der Waals surface area (Å²) in [5.41, 5.74) is 6.23. The first-order valence-electron chi connectivity index (χ1n) is 5.58. The topological polar surface area (TPSA) is 63.8 Å². The third-order valence-electron chi connectivity index (χ3n) is 3.01. The molecule has 1 saturated carbocycles. The molecule has 1 fully saturated rings. The minimum absolute atomic E-state index is 0.0581. The van der Waals surface area contributed by atoms with Gasteiger partial charge in [0.25, 0.3) is 0 Å². The lowest BCUT2D eigenvalue weighted by Crippen LogP contribution is -2.47. The summed E-state index contributed by atoms with van der Waals surface area (Å²) in [6.07, 6.45) is 9.49. The van der Waals surface area contributed by atoms with Crippen LogP contribution < -0.4 is 11.1 Å². The third kappa shape index (κ3) is 2.89. The average Bonchev–Trinajstić information content (AvgIpc) is 2.29. The molecule has 0 unspecified atom stereocenters. The molecule has 1 aromatic heterocycles. The van der Waals surface area contributed by atoms with Crippen LogP contribution in [0.25, 0.3) is 0 Å². The fraction of sp³-hybridized carbons (Fsp3) is 0.636. The number of hydrogen-bond donors (Lipinski definition) is 2. The van der Waals surface area contributed by atoms with Crippen molar-refractivity contribution in [1.29, 1.82) is 0 Å². The van der Waals surface area contributed by atoms with Crippen molar-refractivity contribution in [1.82, 2.24) is 9.97 Å². The Morgan fingerprint density at radius 3 is 2.53 bits per heavy atom. The SMILES string of the molecule is NC1(CNc2ncccn2)CCCCC1. The summed E-state index contributed by atoms with van der Waals surface area (Å²) in [7, 11) is 0. The van der Waals surface area contributed by atoms with Gasteiger partial charge in [0.15, 0.2) is 0 Å². The molecule has 3 N–H and O–H groups in total.